The lowest BCUT2D eigenvalue weighted by atomic mass is 10.0. The molecule has 1 aromatic heterocycles. The van der Waals surface area contributed by atoms with Gasteiger partial charge in [-0.25, -0.2) is 13.4 Å². The van der Waals surface area contributed by atoms with Gasteiger partial charge in [0.25, 0.3) is 10.0 Å². The van der Waals surface area contributed by atoms with Gasteiger partial charge in [0.2, 0.25) is 0 Å². The van der Waals surface area contributed by atoms with E-state index in [2.05, 4.69) is 9.97 Å². The van der Waals surface area contributed by atoms with Crippen molar-refractivity contribution in [2.45, 2.75) is 30.3 Å². The molecule has 0 aliphatic carbocycles. The van der Waals surface area contributed by atoms with Crippen LogP contribution in [0.3, 0.4) is 0 Å². The molecule has 1 saturated heterocycles. The molecule has 0 bridgehead atoms. The van der Waals surface area contributed by atoms with E-state index in [1.807, 2.05) is 0 Å². The molecule has 2 heterocycles. The van der Waals surface area contributed by atoms with Crippen LogP contribution in [0.5, 0.6) is 0 Å². The van der Waals surface area contributed by atoms with Crippen molar-refractivity contribution in [1.29, 1.82) is 0 Å². The zero-order valence-corrected chi connectivity index (χ0v) is 10.1. The van der Waals surface area contributed by atoms with Gasteiger partial charge in [0, 0.05) is 6.54 Å². The van der Waals surface area contributed by atoms with Crippen LogP contribution >= 0.6 is 0 Å². The Morgan fingerprint density at radius 2 is 2.35 bits per heavy atom. The highest BCUT2D eigenvalue weighted by molar-refractivity contribution is 7.89. The molecule has 8 heteroatoms. The van der Waals surface area contributed by atoms with Gasteiger partial charge in [0.15, 0.2) is 5.03 Å². The number of nitrogens with one attached hydrogen (secondary N) is 1. The molecule has 2 N–H and O–H groups in total. The summed E-state index contributed by atoms with van der Waals surface area (Å²) in [6.07, 6.45) is 3.28. The topological polar surface area (TPSA) is 103 Å². The van der Waals surface area contributed by atoms with Crippen molar-refractivity contribution in [1.82, 2.24) is 14.3 Å². The minimum atomic E-state index is -3.81. The summed E-state index contributed by atoms with van der Waals surface area (Å²) in [6, 6.07) is 0. The monoisotopic (exact) mass is 259 g/mol. The second kappa shape index (κ2) is 3.81. The SMILES string of the molecule is CC1(C(=O)O)CCCN1S(=O)(=O)c1cnc[nH]1. The normalized spacial score (nSPS) is 26.2. The second-order valence-electron chi connectivity index (χ2n) is 4.18. The van der Waals surface area contributed by atoms with E-state index in [1.54, 1.807) is 0 Å². The molecule has 0 saturated carbocycles. The molecule has 0 spiro atoms. The number of aromatic amines is 1. The molecule has 1 aliphatic heterocycles. The molecule has 1 atom stereocenters. The van der Waals surface area contributed by atoms with E-state index in [-0.39, 0.29) is 11.6 Å². The number of hydrogen-bond donors (Lipinski definition) is 2. The third-order valence-corrected chi connectivity index (χ3v) is 5.02. The van der Waals surface area contributed by atoms with Crippen LogP contribution in [0.15, 0.2) is 17.6 Å². The molecule has 1 aliphatic rings. The van der Waals surface area contributed by atoms with Crippen LogP contribution in [-0.4, -0.2) is 45.9 Å². The van der Waals surface area contributed by atoms with Crippen LogP contribution in [0.1, 0.15) is 19.8 Å². The number of carboxylic acid groups (broad SMARTS) is 1. The van der Waals surface area contributed by atoms with Crippen LogP contribution in [0.2, 0.25) is 0 Å². The fourth-order valence-corrected chi connectivity index (χ4v) is 3.74. The summed E-state index contributed by atoms with van der Waals surface area (Å²) in [5.41, 5.74) is -1.37. The number of imidazole rings is 1. The predicted octanol–water partition coefficient (Wildman–Crippen LogP) is 0.0375. The minimum absolute atomic E-state index is 0.0770. The number of sulfonamides is 1. The second-order valence-corrected chi connectivity index (χ2v) is 6.01. The fraction of sp³-hybridized carbons (Fsp3) is 0.556. The number of nitrogens with zero attached hydrogens (tertiary/aromatic N) is 2. The van der Waals surface area contributed by atoms with E-state index >= 15 is 0 Å². The Hall–Kier alpha value is -1.41. The van der Waals surface area contributed by atoms with E-state index in [0.29, 0.717) is 12.8 Å². The van der Waals surface area contributed by atoms with Gasteiger partial charge in [-0.15, -0.1) is 0 Å². The molecular weight excluding hydrogens is 246 g/mol. The Labute approximate surface area is 98.5 Å². The molecule has 1 unspecified atom stereocenters. The highest BCUT2D eigenvalue weighted by Gasteiger charge is 2.50. The first-order valence-electron chi connectivity index (χ1n) is 5.13. The van der Waals surface area contributed by atoms with Gasteiger partial charge < -0.3 is 10.1 Å². The van der Waals surface area contributed by atoms with Gasteiger partial charge in [0.05, 0.1) is 12.5 Å². The van der Waals surface area contributed by atoms with Crippen LogP contribution in [0, 0.1) is 0 Å². The highest BCUT2D eigenvalue weighted by Crippen LogP contribution is 2.33. The first-order valence-corrected chi connectivity index (χ1v) is 6.57. The maximum atomic E-state index is 12.2. The van der Waals surface area contributed by atoms with Gasteiger partial charge in [-0.3, -0.25) is 4.79 Å². The Morgan fingerprint density at radius 1 is 1.65 bits per heavy atom. The van der Waals surface area contributed by atoms with Crippen LogP contribution in [0.4, 0.5) is 0 Å². The largest absolute Gasteiger partial charge is 0.480 e. The Bertz CT molecular complexity index is 524. The lowest BCUT2D eigenvalue weighted by Crippen LogP contribution is -2.50. The maximum absolute atomic E-state index is 12.2. The third-order valence-electron chi connectivity index (χ3n) is 3.08. The lowest BCUT2D eigenvalue weighted by Gasteiger charge is -2.29. The highest BCUT2D eigenvalue weighted by atomic mass is 32.2. The predicted molar refractivity (Wildman–Crippen MR) is 57.8 cm³/mol. The van der Waals surface area contributed by atoms with Gasteiger partial charge >= 0.3 is 5.97 Å². The van der Waals surface area contributed by atoms with Gasteiger partial charge in [0.1, 0.15) is 5.54 Å². The zero-order valence-electron chi connectivity index (χ0n) is 9.25. The minimum Gasteiger partial charge on any atom is -0.480 e. The molecule has 0 radical (unpaired) electrons. The summed E-state index contributed by atoms with van der Waals surface area (Å²) < 4.78 is 25.4. The van der Waals surface area contributed by atoms with E-state index in [0.717, 1.165) is 4.31 Å². The Kier molecular flexibility index (Phi) is 2.70. The molecular formula is C9H13N3O4S. The van der Waals surface area contributed by atoms with Crippen molar-refractivity contribution in [3.8, 4) is 0 Å². The first kappa shape index (κ1) is 12.1. The number of aromatic nitrogens is 2. The van der Waals surface area contributed by atoms with Crippen molar-refractivity contribution in [3.05, 3.63) is 12.5 Å². The Balaban J connectivity index is 2.44. The van der Waals surface area contributed by atoms with E-state index in [1.165, 1.54) is 19.4 Å². The third kappa shape index (κ3) is 1.73. The Morgan fingerprint density at radius 3 is 2.88 bits per heavy atom. The summed E-state index contributed by atoms with van der Waals surface area (Å²) in [7, 11) is -3.81. The number of carboxylic acids is 1. The molecule has 17 heavy (non-hydrogen) atoms. The first-order chi connectivity index (χ1) is 7.89. The molecule has 0 amide bonds. The fourth-order valence-electron chi connectivity index (χ4n) is 2.04. The van der Waals surface area contributed by atoms with Crippen molar-refractivity contribution < 1.29 is 18.3 Å². The molecule has 1 fully saturated rings. The zero-order chi connectivity index (χ0) is 12.7. The van der Waals surface area contributed by atoms with Gasteiger partial charge in [-0.2, -0.15) is 4.31 Å². The quantitative estimate of drug-likeness (QED) is 0.797. The number of hydrogen-bond acceptors (Lipinski definition) is 4. The molecule has 7 nitrogen and oxygen atoms in total. The van der Waals surface area contributed by atoms with Crippen molar-refractivity contribution in [3.63, 3.8) is 0 Å². The number of rotatable bonds is 3. The molecule has 2 rings (SSSR count). The van der Waals surface area contributed by atoms with Crippen LogP contribution in [-0.2, 0) is 14.8 Å². The average Bonchev–Trinajstić information content (AvgIpc) is 2.85. The number of aliphatic carboxylic acids is 1. The van der Waals surface area contributed by atoms with Crippen LogP contribution in [0.25, 0.3) is 0 Å². The number of carbonyl (C=O) groups is 1. The van der Waals surface area contributed by atoms with E-state index < -0.39 is 21.5 Å². The summed E-state index contributed by atoms with van der Waals surface area (Å²) in [5.74, 6) is -1.13. The molecule has 0 aromatic carbocycles. The lowest BCUT2D eigenvalue weighted by molar-refractivity contribution is -0.146. The average molecular weight is 259 g/mol. The van der Waals surface area contributed by atoms with Gasteiger partial charge in [-0.1, -0.05) is 0 Å². The summed E-state index contributed by atoms with van der Waals surface area (Å²) in [4.78, 5) is 17.4. The van der Waals surface area contributed by atoms with E-state index in [9.17, 15) is 18.3 Å². The summed E-state index contributed by atoms with van der Waals surface area (Å²) in [6.45, 7) is 1.64. The summed E-state index contributed by atoms with van der Waals surface area (Å²) >= 11 is 0. The molecule has 94 valence electrons. The van der Waals surface area contributed by atoms with Crippen LogP contribution < -0.4 is 0 Å². The van der Waals surface area contributed by atoms with Crippen molar-refractivity contribution in [2.75, 3.05) is 6.54 Å². The smallest absolute Gasteiger partial charge is 0.324 e. The standard InChI is InChI=1S/C9H13N3O4S/c1-9(8(13)14)3-2-4-12(9)17(15,16)7-5-10-6-11-7/h5-6H,2-4H2,1H3,(H,10,11)(H,13,14). The summed E-state index contributed by atoms with van der Waals surface area (Å²) in [5, 5.41) is 9.09. The van der Waals surface area contributed by atoms with E-state index in [4.69, 9.17) is 0 Å². The number of H-pyrrole nitrogens is 1. The van der Waals surface area contributed by atoms with Gasteiger partial charge in [-0.05, 0) is 19.8 Å². The molecule has 1 aromatic rings. The van der Waals surface area contributed by atoms with Crippen molar-refractivity contribution >= 4 is 16.0 Å². The maximum Gasteiger partial charge on any atom is 0.324 e. The van der Waals surface area contributed by atoms with Crippen molar-refractivity contribution in [2.24, 2.45) is 0 Å².